The zero-order chi connectivity index (χ0) is 46.1. The largest absolute Gasteiger partial charge is 0.458 e. The maximum Gasteiger partial charge on any atom is 0.415 e. The number of rotatable bonds is 15. The number of hydrogen-bond donors (Lipinski definition) is 2. The van der Waals surface area contributed by atoms with Gasteiger partial charge in [0.25, 0.3) is 11.8 Å². The summed E-state index contributed by atoms with van der Waals surface area (Å²) in [6.07, 6.45) is 2.74. The van der Waals surface area contributed by atoms with Crippen LogP contribution < -0.4 is 29.6 Å². The number of aryl methyl sites for hydroxylation is 3. The third kappa shape index (κ3) is 11.8. The van der Waals surface area contributed by atoms with Crippen LogP contribution in [0.2, 0.25) is 5.02 Å². The summed E-state index contributed by atoms with van der Waals surface area (Å²) in [7, 11) is 0. The lowest BCUT2D eigenvalue weighted by molar-refractivity contribution is -0.131. The van der Waals surface area contributed by atoms with Crippen LogP contribution in [0.4, 0.5) is 4.79 Å². The molecule has 2 aromatic heterocycles. The van der Waals surface area contributed by atoms with Gasteiger partial charge in [-0.05, 0) is 119 Å². The molecular formula is C52H53ClN4O9. The zero-order valence-electron chi connectivity index (χ0n) is 36.7. The van der Waals surface area contributed by atoms with Crippen LogP contribution in [0.25, 0.3) is 0 Å². The van der Waals surface area contributed by atoms with Gasteiger partial charge in [-0.1, -0.05) is 87.7 Å². The van der Waals surface area contributed by atoms with E-state index >= 15 is 0 Å². The lowest BCUT2D eigenvalue weighted by atomic mass is 9.95. The lowest BCUT2D eigenvalue weighted by Crippen LogP contribution is -2.38. The number of carbonyl (C=O) groups is 3. The summed E-state index contributed by atoms with van der Waals surface area (Å²) in [4.78, 5) is 45.1. The van der Waals surface area contributed by atoms with Gasteiger partial charge in [-0.15, -0.1) is 0 Å². The average molecular weight is 913 g/mol. The summed E-state index contributed by atoms with van der Waals surface area (Å²) in [6.45, 7) is 13.2. The highest BCUT2D eigenvalue weighted by atomic mass is 35.5. The molecule has 0 spiro atoms. The standard InChI is InChI=1S/C26H26N2O4.C25H23ClN2O5.CH4/c1-5-7-22-23(14-15-24(28-22)31-20-12-10-17(2)11-13-20)30-21-9-6-8-19(16-21)26(4)25(29)27-18(3)32-26;1-3-5-20-21(12-13-22(27-20)32-18-10-8-17(26)9-11-18)31-19-7-4-6-16(14-19)15-25(2)23(29)28-24(30)33-25;/h6,8-16H,3,5,7H2,1-2,4H3,(H,27,29);4,6-14H,3,5,15H2,1-2H3,(H,28,29,30);1H4/t26-;25-;/m11./s1. The van der Waals surface area contributed by atoms with E-state index in [9.17, 15) is 14.4 Å². The Balaban J connectivity index is 0.000000215. The minimum absolute atomic E-state index is 0. The Morgan fingerprint density at radius 2 is 1.18 bits per heavy atom. The zero-order valence-corrected chi connectivity index (χ0v) is 37.5. The number of cyclic esters (lactones) is 1. The number of nitrogens with one attached hydrogen (secondary N) is 2. The number of nitrogens with zero attached hydrogens (tertiary/aromatic N) is 2. The van der Waals surface area contributed by atoms with E-state index in [0.717, 1.165) is 42.0 Å². The van der Waals surface area contributed by atoms with E-state index in [4.69, 9.17) is 40.0 Å². The van der Waals surface area contributed by atoms with E-state index < -0.39 is 23.2 Å². The molecule has 3 amide bonds. The van der Waals surface area contributed by atoms with Crippen molar-refractivity contribution >= 4 is 29.5 Å². The fourth-order valence-corrected chi connectivity index (χ4v) is 7.14. The second kappa shape index (κ2) is 21.1. The first kappa shape index (κ1) is 48.1. The van der Waals surface area contributed by atoms with Crippen LogP contribution in [0.5, 0.6) is 46.3 Å². The van der Waals surface area contributed by atoms with E-state index in [1.165, 1.54) is 5.56 Å². The molecule has 2 fully saturated rings. The topological polar surface area (TPSA) is 156 Å². The molecule has 2 N–H and O–H groups in total. The molecule has 14 heteroatoms. The van der Waals surface area contributed by atoms with Crippen LogP contribution >= 0.6 is 11.6 Å². The third-order valence-corrected chi connectivity index (χ3v) is 10.6. The monoisotopic (exact) mass is 912 g/mol. The lowest BCUT2D eigenvalue weighted by Gasteiger charge is -2.21. The average Bonchev–Trinajstić information content (AvgIpc) is 3.70. The molecule has 8 rings (SSSR count). The SMILES string of the molecule is C.C=C1NC(=O)[C@@](C)(c2cccc(Oc3ccc(Oc4ccc(C)cc4)nc3CCC)c2)O1.CCCc1nc(Oc2ccc(Cl)cc2)ccc1Oc1cccc(C[C@@]2(C)OC(=O)NC2=O)c1. The molecule has 0 unspecified atom stereocenters. The Labute approximate surface area is 390 Å². The molecule has 0 bridgehead atoms. The van der Waals surface area contributed by atoms with Gasteiger partial charge < -0.3 is 28.4 Å². The van der Waals surface area contributed by atoms with Crippen molar-refractivity contribution in [1.29, 1.82) is 0 Å². The first-order valence-electron chi connectivity index (χ1n) is 21.2. The quantitative estimate of drug-likeness (QED) is 0.101. The van der Waals surface area contributed by atoms with Crippen molar-refractivity contribution in [2.45, 2.75) is 85.4 Å². The van der Waals surface area contributed by atoms with E-state index in [1.807, 2.05) is 85.8 Å². The summed E-state index contributed by atoms with van der Waals surface area (Å²) < 4.78 is 34.9. The van der Waals surface area contributed by atoms with Crippen molar-refractivity contribution in [2.75, 3.05) is 0 Å². The number of halogens is 1. The maximum absolute atomic E-state index is 12.4. The van der Waals surface area contributed by atoms with Gasteiger partial charge >= 0.3 is 6.09 Å². The number of aromatic nitrogens is 2. The number of alkyl carbamates (subject to hydrolysis) is 1. The van der Waals surface area contributed by atoms with Crippen molar-refractivity contribution < 1.29 is 42.8 Å². The smallest absolute Gasteiger partial charge is 0.415 e. The molecule has 66 heavy (non-hydrogen) atoms. The first-order chi connectivity index (χ1) is 31.2. The molecule has 0 radical (unpaired) electrons. The highest BCUT2D eigenvalue weighted by molar-refractivity contribution is 6.30. The molecule has 4 aromatic carbocycles. The number of ether oxygens (including phenoxy) is 6. The molecule has 2 saturated heterocycles. The second-order valence-electron chi connectivity index (χ2n) is 15.8. The van der Waals surface area contributed by atoms with Crippen molar-refractivity contribution in [3.8, 4) is 46.3 Å². The normalized spacial score (nSPS) is 17.2. The fraction of sp³-hybridized carbons (Fsp3) is 0.250. The fourth-order valence-electron chi connectivity index (χ4n) is 7.01. The maximum atomic E-state index is 12.4. The van der Waals surface area contributed by atoms with Gasteiger partial charge in [-0.3, -0.25) is 20.2 Å². The van der Waals surface area contributed by atoms with Gasteiger partial charge in [-0.25, -0.2) is 14.8 Å². The number of carbonyl (C=O) groups excluding carboxylic acids is 3. The van der Waals surface area contributed by atoms with E-state index in [1.54, 1.807) is 56.3 Å². The molecular weight excluding hydrogens is 860 g/mol. The van der Waals surface area contributed by atoms with Gasteiger partial charge in [0, 0.05) is 29.1 Å². The first-order valence-corrected chi connectivity index (χ1v) is 21.6. The van der Waals surface area contributed by atoms with E-state index in [0.29, 0.717) is 57.5 Å². The Morgan fingerprint density at radius 3 is 1.70 bits per heavy atom. The number of amides is 3. The second-order valence-corrected chi connectivity index (χ2v) is 16.2. The predicted octanol–water partition coefficient (Wildman–Crippen LogP) is 12.2. The summed E-state index contributed by atoms with van der Waals surface area (Å²) >= 11 is 5.93. The molecule has 2 atom stereocenters. The molecule has 342 valence electrons. The van der Waals surface area contributed by atoms with E-state index in [-0.39, 0.29) is 25.6 Å². The Bertz CT molecular complexity index is 2710. The predicted molar refractivity (Wildman–Crippen MR) is 251 cm³/mol. The van der Waals surface area contributed by atoms with Gasteiger partial charge in [0.1, 0.15) is 34.5 Å². The summed E-state index contributed by atoms with van der Waals surface area (Å²) in [6, 6.07) is 36.7. The third-order valence-electron chi connectivity index (χ3n) is 10.4. The Morgan fingerprint density at radius 1 is 0.636 bits per heavy atom. The summed E-state index contributed by atoms with van der Waals surface area (Å²) in [5, 5.41) is 5.41. The van der Waals surface area contributed by atoms with Crippen LogP contribution in [-0.4, -0.2) is 33.5 Å². The molecule has 4 heterocycles. The number of benzene rings is 4. The van der Waals surface area contributed by atoms with Crippen molar-refractivity contribution in [1.82, 2.24) is 20.6 Å². The van der Waals surface area contributed by atoms with Crippen molar-refractivity contribution in [3.63, 3.8) is 0 Å². The molecule has 0 aliphatic carbocycles. The summed E-state index contributed by atoms with van der Waals surface area (Å²) in [5.74, 6) is 4.31. The van der Waals surface area contributed by atoms with Crippen LogP contribution in [0.1, 0.15) is 76.0 Å². The van der Waals surface area contributed by atoms with Crippen LogP contribution in [0, 0.1) is 6.92 Å². The molecule has 6 aromatic rings. The molecule has 2 aliphatic heterocycles. The van der Waals surface area contributed by atoms with Crippen LogP contribution in [-0.2, 0) is 43.9 Å². The van der Waals surface area contributed by atoms with E-state index in [2.05, 4.69) is 41.0 Å². The number of pyridine rings is 2. The van der Waals surface area contributed by atoms with Crippen molar-refractivity contribution in [2.24, 2.45) is 0 Å². The van der Waals surface area contributed by atoms with Gasteiger partial charge in [-0.2, -0.15) is 0 Å². The van der Waals surface area contributed by atoms with Crippen LogP contribution in [0.15, 0.2) is 134 Å². The minimum atomic E-state index is -1.24. The Kier molecular flexibility index (Phi) is 15.4. The highest BCUT2D eigenvalue weighted by Gasteiger charge is 2.45. The minimum Gasteiger partial charge on any atom is -0.458 e. The number of imide groups is 1. The molecule has 0 saturated carbocycles. The number of hydrogen-bond acceptors (Lipinski definition) is 11. The molecule has 13 nitrogen and oxygen atoms in total. The Hall–Kier alpha value is -7.38. The molecule has 2 aliphatic rings. The van der Waals surface area contributed by atoms with Crippen LogP contribution in [0.3, 0.4) is 0 Å². The van der Waals surface area contributed by atoms with Gasteiger partial charge in [0.05, 0.1) is 11.4 Å². The summed E-state index contributed by atoms with van der Waals surface area (Å²) in [5.41, 5.74) is 1.82. The highest BCUT2D eigenvalue weighted by Crippen LogP contribution is 2.37. The van der Waals surface area contributed by atoms with Crippen molar-refractivity contribution in [3.05, 3.63) is 167 Å². The van der Waals surface area contributed by atoms with Gasteiger partial charge in [0.2, 0.25) is 17.4 Å². The van der Waals surface area contributed by atoms with Gasteiger partial charge in [0.15, 0.2) is 11.5 Å².